The molecular weight excluding hydrogens is 500 g/mol. The maximum atomic E-state index is 6.40. The summed E-state index contributed by atoms with van der Waals surface area (Å²) in [5, 5.41) is 9.47. The number of para-hydroxylation sites is 2. The maximum absolute atomic E-state index is 6.40. The molecule has 0 fully saturated rings. The Hall–Kier alpha value is -5.54. The van der Waals surface area contributed by atoms with Gasteiger partial charge in [-0.3, -0.25) is 0 Å². The Balaban J connectivity index is 1.36. The van der Waals surface area contributed by atoms with Crippen LogP contribution >= 0.6 is 0 Å². The van der Waals surface area contributed by atoms with Gasteiger partial charge in [-0.15, -0.1) is 0 Å². The van der Waals surface area contributed by atoms with Gasteiger partial charge in [-0.1, -0.05) is 91.0 Å². The number of fused-ring (bicyclic) bond motifs is 9. The summed E-state index contributed by atoms with van der Waals surface area (Å²) in [6.45, 7) is 0. The van der Waals surface area contributed by atoms with E-state index in [9.17, 15) is 0 Å². The Morgan fingerprint density at radius 3 is 1.80 bits per heavy atom. The van der Waals surface area contributed by atoms with Crippen molar-refractivity contribution in [3.05, 3.63) is 133 Å². The molecule has 2 aromatic heterocycles. The number of nitrogens with zero attached hydrogens (tertiary/aromatic N) is 2. The minimum Gasteiger partial charge on any atom is -0.456 e. The highest BCUT2D eigenvalue weighted by Crippen LogP contribution is 2.41. The highest BCUT2D eigenvalue weighted by Gasteiger charge is 2.18. The Morgan fingerprint density at radius 1 is 0.390 bits per heavy atom. The zero-order valence-corrected chi connectivity index (χ0v) is 22.0. The van der Waals surface area contributed by atoms with E-state index in [0.717, 1.165) is 55.5 Å². The van der Waals surface area contributed by atoms with Crippen LogP contribution in [-0.2, 0) is 0 Å². The summed E-state index contributed by atoms with van der Waals surface area (Å²) in [6.07, 6.45) is 0. The van der Waals surface area contributed by atoms with Crippen molar-refractivity contribution in [2.24, 2.45) is 0 Å². The molecule has 3 heteroatoms. The summed E-state index contributed by atoms with van der Waals surface area (Å²) in [6, 6.07) is 46.6. The van der Waals surface area contributed by atoms with Gasteiger partial charge in [0, 0.05) is 27.3 Å². The summed E-state index contributed by atoms with van der Waals surface area (Å²) in [5.41, 5.74) is 7.31. The largest absolute Gasteiger partial charge is 0.456 e. The number of hydrogen-bond donors (Lipinski definition) is 0. The van der Waals surface area contributed by atoms with Crippen LogP contribution in [0.4, 0.5) is 0 Å². The Bertz CT molecular complexity index is 2490. The van der Waals surface area contributed by atoms with Crippen molar-refractivity contribution in [1.82, 2.24) is 9.97 Å². The average Bonchev–Trinajstić information content (AvgIpc) is 3.42. The van der Waals surface area contributed by atoms with Gasteiger partial charge < -0.3 is 4.42 Å². The lowest BCUT2D eigenvalue weighted by molar-refractivity contribution is 0.669. The first-order valence-corrected chi connectivity index (χ1v) is 13.8. The molecule has 190 valence electrons. The van der Waals surface area contributed by atoms with Crippen LogP contribution in [-0.4, -0.2) is 9.97 Å². The van der Waals surface area contributed by atoms with Crippen molar-refractivity contribution in [3.8, 4) is 22.5 Å². The monoisotopic (exact) mass is 522 g/mol. The number of rotatable bonds is 2. The van der Waals surface area contributed by atoms with Gasteiger partial charge >= 0.3 is 0 Å². The molecule has 0 atom stereocenters. The third-order valence-corrected chi connectivity index (χ3v) is 8.21. The molecule has 7 aromatic carbocycles. The normalized spacial score (nSPS) is 11.9. The van der Waals surface area contributed by atoms with E-state index < -0.39 is 0 Å². The van der Waals surface area contributed by atoms with Crippen LogP contribution in [0.25, 0.3) is 87.8 Å². The Labute approximate surface area is 235 Å². The quantitative estimate of drug-likeness (QED) is 0.212. The van der Waals surface area contributed by atoms with Crippen LogP contribution in [0.5, 0.6) is 0 Å². The molecule has 2 heterocycles. The van der Waals surface area contributed by atoms with E-state index in [1.165, 1.54) is 32.3 Å². The fourth-order valence-electron chi connectivity index (χ4n) is 6.25. The van der Waals surface area contributed by atoms with E-state index in [2.05, 4.69) is 109 Å². The summed E-state index contributed by atoms with van der Waals surface area (Å²) in [7, 11) is 0. The van der Waals surface area contributed by atoms with Crippen molar-refractivity contribution >= 4 is 65.3 Å². The lowest BCUT2D eigenvalue weighted by atomic mass is 9.96. The van der Waals surface area contributed by atoms with Gasteiger partial charge in [-0.05, 0) is 69.4 Å². The van der Waals surface area contributed by atoms with E-state index >= 15 is 0 Å². The van der Waals surface area contributed by atoms with E-state index in [4.69, 9.17) is 14.4 Å². The molecule has 0 aliphatic rings. The van der Waals surface area contributed by atoms with Crippen LogP contribution in [0.2, 0.25) is 0 Å². The smallest absolute Gasteiger partial charge is 0.136 e. The second-order valence-electron chi connectivity index (χ2n) is 10.6. The molecule has 0 unspecified atom stereocenters. The highest BCUT2D eigenvalue weighted by molar-refractivity contribution is 6.26. The molecule has 0 saturated heterocycles. The van der Waals surface area contributed by atoms with E-state index in [-0.39, 0.29) is 0 Å². The predicted octanol–water partition coefficient (Wildman–Crippen LogP) is 10.3. The molecule has 0 aliphatic carbocycles. The lowest BCUT2D eigenvalue weighted by Gasteiger charge is -2.12. The highest BCUT2D eigenvalue weighted by atomic mass is 16.3. The molecule has 0 bridgehead atoms. The van der Waals surface area contributed by atoms with Crippen LogP contribution in [0.15, 0.2) is 138 Å². The van der Waals surface area contributed by atoms with Crippen LogP contribution in [0.1, 0.15) is 0 Å². The fraction of sp³-hybridized carbons (Fsp3) is 0. The summed E-state index contributed by atoms with van der Waals surface area (Å²) >= 11 is 0. The minimum atomic E-state index is 0.861. The topological polar surface area (TPSA) is 38.9 Å². The van der Waals surface area contributed by atoms with Crippen LogP contribution in [0.3, 0.4) is 0 Å². The standard InChI is InChI=1S/C38H22N2O/c1-2-9-26-21-27(16-13-23(26)7-1)37-38(40-32-12-6-5-11-31(32)39-37)28-18-19-33-30(22-28)36-34(41-33)20-17-25-15-14-24-8-3-4-10-29(24)35(25)36/h1-22H. The van der Waals surface area contributed by atoms with Crippen LogP contribution < -0.4 is 0 Å². The molecule has 0 saturated carbocycles. The fourth-order valence-corrected chi connectivity index (χ4v) is 6.25. The summed E-state index contributed by atoms with van der Waals surface area (Å²) in [4.78, 5) is 10.4. The van der Waals surface area contributed by atoms with Crippen molar-refractivity contribution in [1.29, 1.82) is 0 Å². The Morgan fingerprint density at radius 2 is 0.976 bits per heavy atom. The predicted molar refractivity (Wildman–Crippen MR) is 170 cm³/mol. The molecule has 0 amide bonds. The second kappa shape index (κ2) is 8.48. The van der Waals surface area contributed by atoms with Crippen LogP contribution in [0, 0.1) is 0 Å². The van der Waals surface area contributed by atoms with Crippen molar-refractivity contribution in [3.63, 3.8) is 0 Å². The third-order valence-electron chi connectivity index (χ3n) is 8.21. The van der Waals surface area contributed by atoms with Gasteiger partial charge in [0.25, 0.3) is 0 Å². The van der Waals surface area contributed by atoms with Gasteiger partial charge in [0.05, 0.1) is 22.4 Å². The Kier molecular flexibility index (Phi) is 4.61. The molecule has 9 rings (SSSR count). The van der Waals surface area contributed by atoms with Crippen molar-refractivity contribution < 1.29 is 4.42 Å². The molecule has 0 spiro atoms. The molecule has 0 radical (unpaired) electrons. The number of furan rings is 1. The van der Waals surface area contributed by atoms with Crippen molar-refractivity contribution in [2.75, 3.05) is 0 Å². The first kappa shape index (κ1) is 22.3. The average molecular weight is 523 g/mol. The van der Waals surface area contributed by atoms with Gasteiger partial charge in [0.2, 0.25) is 0 Å². The van der Waals surface area contributed by atoms with E-state index in [0.29, 0.717) is 0 Å². The molecule has 41 heavy (non-hydrogen) atoms. The van der Waals surface area contributed by atoms with Gasteiger partial charge in [-0.25, -0.2) is 9.97 Å². The number of aromatic nitrogens is 2. The van der Waals surface area contributed by atoms with E-state index in [1.807, 2.05) is 24.3 Å². The first-order valence-electron chi connectivity index (χ1n) is 13.8. The van der Waals surface area contributed by atoms with Gasteiger partial charge in [0.1, 0.15) is 11.2 Å². The molecular formula is C38H22N2O. The number of benzene rings is 7. The second-order valence-corrected chi connectivity index (χ2v) is 10.6. The maximum Gasteiger partial charge on any atom is 0.136 e. The summed E-state index contributed by atoms with van der Waals surface area (Å²) < 4.78 is 6.40. The first-order chi connectivity index (χ1) is 20.3. The zero-order chi connectivity index (χ0) is 26.9. The van der Waals surface area contributed by atoms with E-state index in [1.54, 1.807) is 0 Å². The summed E-state index contributed by atoms with van der Waals surface area (Å²) in [5.74, 6) is 0. The van der Waals surface area contributed by atoms with Gasteiger partial charge in [0.15, 0.2) is 0 Å². The number of hydrogen-bond acceptors (Lipinski definition) is 3. The lowest BCUT2D eigenvalue weighted by Crippen LogP contribution is -1.95. The molecule has 0 N–H and O–H groups in total. The third kappa shape index (κ3) is 3.39. The molecule has 0 aliphatic heterocycles. The van der Waals surface area contributed by atoms with Crippen molar-refractivity contribution in [2.45, 2.75) is 0 Å². The zero-order valence-electron chi connectivity index (χ0n) is 22.0. The molecule has 9 aromatic rings. The van der Waals surface area contributed by atoms with Gasteiger partial charge in [-0.2, -0.15) is 0 Å². The minimum absolute atomic E-state index is 0.861. The molecule has 3 nitrogen and oxygen atoms in total. The SMILES string of the molecule is c1ccc2cc(-c3nc4ccccc4nc3-c3ccc4oc5ccc6ccc7ccccc7c6c5c4c3)ccc2c1.